The van der Waals surface area contributed by atoms with Gasteiger partial charge in [0.25, 0.3) is 0 Å². The molecule has 1 N–H and O–H groups in total. The van der Waals surface area contributed by atoms with Crippen molar-refractivity contribution in [2.75, 3.05) is 11.9 Å². The van der Waals surface area contributed by atoms with Crippen molar-refractivity contribution in [3.8, 4) is 0 Å². The molecule has 0 aromatic heterocycles. The first-order valence-electron chi connectivity index (χ1n) is 8.64. The van der Waals surface area contributed by atoms with Gasteiger partial charge in [0, 0.05) is 12.2 Å². The molecule has 0 unspecified atom stereocenters. The molecule has 1 aliphatic heterocycles. The van der Waals surface area contributed by atoms with Crippen LogP contribution in [0.1, 0.15) is 42.9 Å². The second kappa shape index (κ2) is 7.87. The summed E-state index contributed by atoms with van der Waals surface area (Å²) in [5.41, 5.74) is 2.85. The Kier molecular flexibility index (Phi) is 5.59. The second-order valence-electron chi connectivity index (χ2n) is 6.53. The number of urea groups is 1. The van der Waals surface area contributed by atoms with Gasteiger partial charge in [-0.2, -0.15) is 0 Å². The molecule has 2 aromatic carbocycles. The van der Waals surface area contributed by atoms with Crippen molar-refractivity contribution in [2.24, 2.45) is 0 Å². The van der Waals surface area contributed by atoms with Crippen molar-refractivity contribution in [2.45, 2.75) is 38.6 Å². The first kappa shape index (κ1) is 17.7. The third kappa shape index (κ3) is 4.31. The molecule has 0 radical (unpaired) electrons. The van der Waals surface area contributed by atoms with E-state index in [0.29, 0.717) is 12.2 Å². The normalized spacial score (nSPS) is 17.9. The number of hydrogen-bond donors (Lipinski definition) is 1. The predicted octanol–water partition coefficient (Wildman–Crippen LogP) is 5.94. The first-order valence-corrected chi connectivity index (χ1v) is 9.01. The molecule has 25 heavy (non-hydrogen) atoms. The van der Waals surface area contributed by atoms with E-state index in [0.717, 1.165) is 31.2 Å². The lowest BCUT2D eigenvalue weighted by atomic mass is 9.99. The molecule has 0 aliphatic carbocycles. The summed E-state index contributed by atoms with van der Waals surface area (Å²) in [6.45, 7) is 2.77. The number of carbonyl (C=O) groups excluding carboxylic acids is 1. The minimum absolute atomic E-state index is 0.00361. The molecule has 1 atom stereocenters. The van der Waals surface area contributed by atoms with Gasteiger partial charge in [-0.1, -0.05) is 54.3 Å². The highest BCUT2D eigenvalue weighted by Crippen LogP contribution is 2.31. The van der Waals surface area contributed by atoms with E-state index in [1.165, 1.54) is 23.8 Å². The number of nitrogens with zero attached hydrogens (tertiary/aromatic N) is 1. The molecule has 1 heterocycles. The quantitative estimate of drug-likeness (QED) is 0.706. The maximum absolute atomic E-state index is 13.3. The molecule has 2 amide bonds. The van der Waals surface area contributed by atoms with E-state index in [4.69, 9.17) is 11.6 Å². The Labute approximate surface area is 152 Å². The zero-order valence-electron chi connectivity index (χ0n) is 14.3. The minimum Gasteiger partial charge on any atom is -0.317 e. The number of hydrogen-bond acceptors (Lipinski definition) is 1. The highest BCUT2D eigenvalue weighted by molar-refractivity contribution is 6.31. The van der Waals surface area contributed by atoms with Crippen LogP contribution in [0.3, 0.4) is 0 Å². The molecular formula is C20H22ClFN2O. The second-order valence-corrected chi connectivity index (χ2v) is 6.94. The fraction of sp³-hybridized carbons (Fsp3) is 0.350. The molecular weight excluding hydrogens is 339 g/mol. The van der Waals surface area contributed by atoms with Crippen LogP contribution < -0.4 is 5.32 Å². The van der Waals surface area contributed by atoms with Gasteiger partial charge in [0.15, 0.2) is 0 Å². The van der Waals surface area contributed by atoms with Crippen LogP contribution in [0.25, 0.3) is 0 Å². The lowest BCUT2D eigenvalue weighted by Crippen LogP contribution is -2.38. The molecule has 3 rings (SSSR count). The predicted molar refractivity (Wildman–Crippen MR) is 99.5 cm³/mol. The van der Waals surface area contributed by atoms with Crippen LogP contribution in [-0.4, -0.2) is 17.5 Å². The van der Waals surface area contributed by atoms with Gasteiger partial charge < -0.3 is 10.2 Å². The van der Waals surface area contributed by atoms with Crippen molar-refractivity contribution < 1.29 is 9.18 Å². The summed E-state index contributed by atoms with van der Waals surface area (Å²) in [6, 6.07) is 12.4. The minimum atomic E-state index is -0.493. The number of amides is 2. The van der Waals surface area contributed by atoms with Crippen molar-refractivity contribution in [1.82, 2.24) is 4.90 Å². The molecule has 0 bridgehead atoms. The lowest BCUT2D eigenvalue weighted by molar-refractivity contribution is 0.189. The van der Waals surface area contributed by atoms with Gasteiger partial charge in [-0.15, -0.1) is 0 Å². The molecule has 0 spiro atoms. The zero-order valence-corrected chi connectivity index (χ0v) is 15.0. The number of anilines is 1. The van der Waals surface area contributed by atoms with Crippen LogP contribution in [0.2, 0.25) is 5.02 Å². The van der Waals surface area contributed by atoms with Crippen molar-refractivity contribution in [3.63, 3.8) is 0 Å². The van der Waals surface area contributed by atoms with Gasteiger partial charge in [0.05, 0.1) is 11.1 Å². The average Bonchev–Trinajstić information content (AvgIpc) is 2.84. The van der Waals surface area contributed by atoms with Crippen LogP contribution in [0.15, 0.2) is 42.5 Å². The third-order valence-electron chi connectivity index (χ3n) is 4.61. The van der Waals surface area contributed by atoms with E-state index in [1.807, 2.05) is 11.0 Å². The summed E-state index contributed by atoms with van der Waals surface area (Å²) in [4.78, 5) is 14.8. The third-order valence-corrected chi connectivity index (χ3v) is 4.90. The molecule has 1 fully saturated rings. The first-order chi connectivity index (χ1) is 12.0. The van der Waals surface area contributed by atoms with Gasteiger partial charge in [-0.3, -0.25) is 0 Å². The zero-order chi connectivity index (χ0) is 17.8. The van der Waals surface area contributed by atoms with E-state index in [1.54, 1.807) is 0 Å². The van der Waals surface area contributed by atoms with Gasteiger partial charge in [-0.05, 0) is 43.5 Å². The van der Waals surface area contributed by atoms with Crippen LogP contribution in [0.4, 0.5) is 14.9 Å². The Morgan fingerprint density at radius 3 is 2.80 bits per heavy atom. The molecule has 3 nitrogen and oxygen atoms in total. The largest absolute Gasteiger partial charge is 0.322 e. The maximum Gasteiger partial charge on any atom is 0.322 e. The number of halogens is 2. The van der Waals surface area contributed by atoms with Crippen molar-refractivity contribution in [1.29, 1.82) is 0 Å². The van der Waals surface area contributed by atoms with Crippen LogP contribution >= 0.6 is 11.6 Å². The summed E-state index contributed by atoms with van der Waals surface area (Å²) in [5, 5.41) is 2.86. The Morgan fingerprint density at radius 2 is 2.04 bits per heavy atom. The molecule has 1 saturated heterocycles. The maximum atomic E-state index is 13.3. The van der Waals surface area contributed by atoms with E-state index >= 15 is 0 Å². The molecule has 1 aliphatic rings. The molecule has 5 heteroatoms. The molecule has 2 aromatic rings. The smallest absolute Gasteiger partial charge is 0.317 e. The SMILES string of the molecule is Cc1cccc([C@@H]2CCCCCN2C(=O)Nc2ccc(F)c(Cl)c2)c1. The highest BCUT2D eigenvalue weighted by Gasteiger charge is 2.27. The molecule has 132 valence electrons. The van der Waals surface area contributed by atoms with Gasteiger partial charge in [0.1, 0.15) is 5.82 Å². The van der Waals surface area contributed by atoms with Crippen molar-refractivity contribution in [3.05, 3.63) is 64.4 Å². The van der Waals surface area contributed by atoms with Crippen molar-refractivity contribution >= 4 is 23.3 Å². The monoisotopic (exact) mass is 360 g/mol. The Balaban J connectivity index is 1.82. The fourth-order valence-corrected chi connectivity index (χ4v) is 3.53. The summed E-state index contributed by atoms with van der Waals surface area (Å²) in [5.74, 6) is -0.493. The summed E-state index contributed by atoms with van der Waals surface area (Å²) in [7, 11) is 0. The fourth-order valence-electron chi connectivity index (χ4n) is 3.34. The number of likely N-dealkylation sites (tertiary alicyclic amines) is 1. The Bertz CT molecular complexity index is 765. The Morgan fingerprint density at radius 1 is 1.20 bits per heavy atom. The number of carbonyl (C=O) groups is 1. The van der Waals surface area contributed by atoms with Crippen LogP contribution in [0.5, 0.6) is 0 Å². The summed E-state index contributed by atoms with van der Waals surface area (Å²) >= 11 is 5.81. The van der Waals surface area contributed by atoms with E-state index in [9.17, 15) is 9.18 Å². The van der Waals surface area contributed by atoms with E-state index < -0.39 is 5.82 Å². The van der Waals surface area contributed by atoms with Gasteiger partial charge in [0.2, 0.25) is 0 Å². The lowest BCUT2D eigenvalue weighted by Gasteiger charge is -2.31. The molecule has 0 saturated carbocycles. The van der Waals surface area contributed by atoms with Crippen LogP contribution in [-0.2, 0) is 0 Å². The number of nitrogens with one attached hydrogen (secondary N) is 1. The van der Waals surface area contributed by atoms with Gasteiger partial charge in [-0.25, -0.2) is 9.18 Å². The highest BCUT2D eigenvalue weighted by atomic mass is 35.5. The van der Waals surface area contributed by atoms with Crippen LogP contribution in [0, 0.1) is 12.7 Å². The topological polar surface area (TPSA) is 32.3 Å². The standard InChI is InChI=1S/C20H22ClFN2O/c1-14-6-5-7-15(12-14)19-8-3-2-4-11-24(19)20(25)23-16-9-10-18(22)17(21)13-16/h5-7,9-10,12-13,19H,2-4,8,11H2,1H3,(H,23,25)/t19-/m0/s1. The number of benzene rings is 2. The van der Waals surface area contributed by atoms with E-state index in [-0.39, 0.29) is 17.1 Å². The number of aryl methyl sites for hydroxylation is 1. The average molecular weight is 361 g/mol. The Hall–Kier alpha value is -2.07. The van der Waals surface area contributed by atoms with Gasteiger partial charge >= 0.3 is 6.03 Å². The van der Waals surface area contributed by atoms with E-state index in [2.05, 4.69) is 30.4 Å². The number of rotatable bonds is 2. The summed E-state index contributed by atoms with van der Waals surface area (Å²) < 4.78 is 13.3. The summed E-state index contributed by atoms with van der Waals surface area (Å²) in [6.07, 6.45) is 4.15.